The number of carbonyl (C=O) groups excluding carboxylic acids is 2. The van der Waals surface area contributed by atoms with Gasteiger partial charge in [-0.3, -0.25) is 9.36 Å². The minimum absolute atomic E-state index is 0.00569. The molecule has 1 aromatic rings. The van der Waals surface area contributed by atoms with Crippen LogP contribution in [-0.4, -0.2) is 45.5 Å². The third kappa shape index (κ3) is 1.60. The number of nitrogens with zero attached hydrogens (tertiary/aromatic N) is 3. The second-order valence-electron chi connectivity index (χ2n) is 4.51. The molecule has 3 rings (SSSR count). The van der Waals surface area contributed by atoms with Gasteiger partial charge in [0, 0.05) is 25.5 Å². The summed E-state index contributed by atoms with van der Waals surface area (Å²) in [6.07, 6.45) is 6.48. The lowest BCUT2D eigenvalue weighted by molar-refractivity contribution is -0.123. The number of hydrogen-bond donors (Lipinski definition) is 1. The van der Waals surface area contributed by atoms with Gasteiger partial charge < -0.3 is 10.2 Å². The lowest BCUT2D eigenvalue weighted by Gasteiger charge is -2.35. The molecule has 2 amide bonds. The van der Waals surface area contributed by atoms with Gasteiger partial charge in [-0.1, -0.05) is 0 Å². The van der Waals surface area contributed by atoms with E-state index in [-0.39, 0.29) is 23.9 Å². The van der Waals surface area contributed by atoms with Crippen LogP contribution in [0.4, 0.5) is 4.79 Å². The smallest absolute Gasteiger partial charge is 0.329 e. The zero-order valence-corrected chi connectivity index (χ0v) is 9.37. The lowest BCUT2D eigenvalue weighted by Crippen LogP contribution is -2.50. The number of hydrogen-bond acceptors (Lipinski definition) is 3. The fraction of sp³-hybridized carbons (Fsp3) is 0.545. The molecule has 1 aromatic heterocycles. The van der Waals surface area contributed by atoms with Gasteiger partial charge in [0.1, 0.15) is 6.33 Å². The molecule has 90 valence electrons. The minimum Gasteiger partial charge on any atom is -0.354 e. The minimum atomic E-state index is -0.0892. The molecule has 0 bridgehead atoms. The molecule has 2 unspecified atom stereocenters. The summed E-state index contributed by atoms with van der Waals surface area (Å²) >= 11 is 0. The number of likely N-dealkylation sites (tertiary alicyclic amines) is 1. The maximum absolute atomic E-state index is 12.2. The quantitative estimate of drug-likeness (QED) is 0.690. The van der Waals surface area contributed by atoms with Crippen molar-refractivity contribution in [3.8, 4) is 0 Å². The van der Waals surface area contributed by atoms with Gasteiger partial charge in [0.25, 0.3) is 0 Å². The zero-order chi connectivity index (χ0) is 11.8. The number of piperidine rings is 1. The van der Waals surface area contributed by atoms with E-state index in [9.17, 15) is 9.59 Å². The summed E-state index contributed by atoms with van der Waals surface area (Å²) < 4.78 is 1.46. The summed E-state index contributed by atoms with van der Waals surface area (Å²) in [5, 5.41) is 2.83. The highest BCUT2D eigenvalue weighted by Crippen LogP contribution is 2.27. The Kier molecular flexibility index (Phi) is 2.35. The van der Waals surface area contributed by atoms with E-state index in [0.717, 1.165) is 12.8 Å². The monoisotopic (exact) mass is 234 g/mol. The highest BCUT2D eigenvalue weighted by Gasteiger charge is 2.42. The molecule has 0 saturated carbocycles. The first-order valence-corrected chi connectivity index (χ1v) is 5.84. The van der Waals surface area contributed by atoms with Gasteiger partial charge in [-0.2, -0.15) is 0 Å². The number of imidazole rings is 1. The first kappa shape index (κ1) is 10.3. The molecule has 0 radical (unpaired) electrons. The van der Waals surface area contributed by atoms with Crippen LogP contribution < -0.4 is 5.32 Å². The van der Waals surface area contributed by atoms with E-state index in [1.54, 1.807) is 17.3 Å². The molecule has 0 spiro atoms. The number of carbonyl (C=O) groups is 2. The van der Waals surface area contributed by atoms with Gasteiger partial charge in [-0.15, -0.1) is 0 Å². The Hall–Kier alpha value is -1.85. The van der Waals surface area contributed by atoms with Crippen LogP contribution >= 0.6 is 0 Å². The number of fused-ring (bicyclic) bond motifs is 1. The summed E-state index contributed by atoms with van der Waals surface area (Å²) in [6.45, 7) is 1.29. The molecule has 2 aliphatic heterocycles. The molecule has 3 heterocycles. The second kappa shape index (κ2) is 3.87. The summed E-state index contributed by atoms with van der Waals surface area (Å²) in [7, 11) is 0. The lowest BCUT2D eigenvalue weighted by atomic mass is 9.92. The summed E-state index contributed by atoms with van der Waals surface area (Å²) in [4.78, 5) is 29.5. The molecule has 1 N–H and O–H groups in total. The van der Waals surface area contributed by atoms with Gasteiger partial charge >= 0.3 is 6.03 Å². The predicted octanol–water partition coefficient (Wildman–Crippen LogP) is 0.0616. The van der Waals surface area contributed by atoms with Crippen molar-refractivity contribution in [1.82, 2.24) is 19.8 Å². The maximum atomic E-state index is 12.2. The van der Waals surface area contributed by atoms with Crippen molar-refractivity contribution in [2.45, 2.75) is 18.9 Å². The van der Waals surface area contributed by atoms with Gasteiger partial charge in [-0.25, -0.2) is 9.78 Å². The normalized spacial score (nSPS) is 27.8. The first-order chi connectivity index (χ1) is 8.27. The van der Waals surface area contributed by atoms with Crippen LogP contribution in [-0.2, 0) is 4.79 Å². The Morgan fingerprint density at radius 1 is 1.53 bits per heavy atom. The van der Waals surface area contributed by atoms with Crippen LogP contribution in [0.25, 0.3) is 0 Å². The molecule has 17 heavy (non-hydrogen) atoms. The fourth-order valence-electron chi connectivity index (χ4n) is 2.71. The largest absolute Gasteiger partial charge is 0.354 e. The Balaban J connectivity index is 1.83. The Labute approximate surface area is 98.6 Å². The molecule has 2 saturated heterocycles. The Morgan fingerprint density at radius 3 is 3.18 bits per heavy atom. The Morgan fingerprint density at radius 2 is 2.41 bits per heavy atom. The summed E-state index contributed by atoms with van der Waals surface area (Å²) in [5.74, 6) is 0.0503. The van der Waals surface area contributed by atoms with E-state index in [2.05, 4.69) is 10.3 Å². The molecule has 2 atom stereocenters. The van der Waals surface area contributed by atoms with E-state index >= 15 is 0 Å². The number of aromatic nitrogens is 2. The fourth-order valence-corrected chi connectivity index (χ4v) is 2.71. The number of rotatable bonds is 0. The summed E-state index contributed by atoms with van der Waals surface area (Å²) in [6, 6.07) is -0.0835. The van der Waals surface area contributed by atoms with Crippen LogP contribution in [0.5, 0.6) is 0 Å². The highest BCUT2D eigenvalue weighted by molar-refractivity contribution is 5.84. The van der Waals surface area contributed by atoms with Gasteiger partial charge in [0.05, 0.1) is 12.0 Å². The molecular weight excluding hydrogens is 220 g/mol. The van der Waals surface area contributed by atoms with Crippen molar-refractivity contribution in [1.29, 1.82) is 0 Å². The molecule has 0 aliphatic carbocycles. The second-order valence-corrected chi connectivity index (χ2v) is 4.51. The number of nitrogens with one attached hydrogen (secondary N) is 1. The average molecular weight is 234 g/mol. The van der Waals surface area contributed by atoms with E-state index < -0.39 is 0 Å². The van der Waals surface area contributed by atoms with Gasteiger partial charge in [0.2, 0.25) is 5.91 Å². The third-order valence-electron chi connectivity index (χ3n) is 3.57. The maximum Gasteiger partial charge on any atom is 0.329 e. The van der Waals surface area contributed by atoms with Crippen molar-refractivity contribution in [2.24, 2.45) is 5.92 Å². The standard InChI is InChI=1S/C11H14N4O2/c16-10-8-2-1-4-15(9(8)6-13-10)11(17)14-5-3-12-7-14/h3,5,7-9H,1-2,4,6H2,(H,13,16). The average Bonchev–Trinajstić information content (AvgIpc) is 2.98. The van der Waals surface area contributed by atoms with Crippen molar-refractivity contribution < 1.29 is 9.59 Å². The summed E-state index contributed by atoms with van der Waals surface area (Å²) in [5.41, 5.74) is 0. The van der Waals surface area contributed by atoms with E-state index in [1.807, 2.05) is 0 Å². The van der Waals surface area contributed by atoms with Crippen LogP contribution in [0.3, 0.4) is 0 Å². The number of amides is 2. The van der Waals surface area contributed by atoms with Crippen LogP contribution in [0.1, 0.15) is 12.8 Å². The molecule has 2 fully saturated rings. The van der Waals surface area contributed by atoms with Crippen molar-refractivity contribution in [2.75, 3.05) is 13.1 Å². The SMILES string of the molecule is O=C1NCC2C1CCCN2C(=O)n1ccnc1. The van der Waals surface area contributed by atoms with Crippen LogP contribution in [0.2, 0.25) is 0 Å². The highest BCUT2D eigenvalue weighted by atomic mass is 16.2. The third-order valence-corrected chi connectivity index (χ3v) is 3.57. The van der Waals surface area contributed by atoms with E-state index in [4.69, 9.17) is 0 Å². The van der Waals surface area contributed by atoms with Crippen molar-refractivity contribution in [3.05, 3.63) is 18.7 Å². The van der Waals surface area contributed by atoms with Gasteiger partial charge in [-0.05, 0) is 12.8 Å². The zero-order valence-electron chi connectivity index (χ0n) is 9.37. The molecule has 0 aromatic carbocycles. The topological polar surface area (TPSA) is 67.2 Å². The van der Waals surface area contributed by atoms with E-state index in [1.165, 1.54) is 10.9 Å². The van der Waals surface area contributed by atoms with Gasteiger partial charge in [0.15, 0.2) is 0 Å². The van der Waals surface area contributed by atoms with Crippen molar-refractivity contribution in [3.63, 3.8) is 0 Å². The van der Waals surface area contributed by atoms with E-state index in [0.29, 0.717) is 13.1 Å². The molecule has 2 aliphatic rings. The molecule has 6 heteroatoms. The molecule has 6 nitrogen and oxygen atoms in total. The predicted molar refractivity (Wildman–Crippen MR) is 59.2 cm³/mol. The first-order valence-electron chi connectivity index (χ1n) is 5.84. The van der Waals surface area contributed by atoms with Crippen LogP contribution in [0, 0.1) is 5.92 Å². The van der Waals surface area contributed by atoms with Crippen molar-refractivity contribution >= 4 is 11.9 Å². The van der Waals surface area contributed by atoms with Crippen LogP contribution in [0.15, 0.2) is 18.7 Å². The molecular formula is C11H14N4O2. The Bertz CT molecular complexity index is 442.